The topological polar surface area (TPSA) is 86.7 Å². The molecular weight excluding hydrogens is 472 g/mol. The Morgan fingerprint density at radius 1 is 1.15 bits per heavy atom. The number of rotatable bonds is 8. The predicted octanol–water partition coefficient (Wildman–Crippen LogP) is 4.31. The Balaban J connectivity index is 1.53. The molecule has 0 bridgehead atoms. The third-order valence-electron chi connectivity index (χ3n) is 5.29. The summed E-state index contributed by atoms with van der Waals surface area (Å²) in [6, 6.07) is 16.6. The molecule has 0 aliphatic rings. The summed E-state index contributed by atoms with van der Waals surface area (Å²) in [7, 11) is 1.78. The van der Waals surface area contributed by atoms with Crippen LogP contribution in [0.5, 0.6) is 0 Å². The lowest BCUT2D eigenvalue weighted by Gasteiger charge is -2.09. The van der Waals surface area contributed by atoms with E-state index in [1.807, 2.05) is 53.1 Å². The fourth-order valence-corrected chi connectivity index (χ4v) is 4.52. The fraction of sp³-hybridized carbons (Fsp3) is 0.167. The lowest BCUT2D eigenvalue weighted by molar-refractivity contribution is -0.113. The predicted molar refractivity (Wildman–Crippen MR) is 136 cm³/mol. The van der Waals surface area contributed by atoms with Crippen molar-refractivity contribution in [2.75, 3.05) is 11.1 Å². The van der Waals surface area contributed by atoms with Crippen molar-refractivity contribution in [2.45, 2.75) is 18.6 Å². The molecule has 0 unspecified atom stereocenters. The second kappa shape index (κ2) is 10.1. The molecule has 2 heterocycles. The average molecular weight is 495 g/mol. The number of carbonyl (C=O) groups excluding carboxylic acids is 1. The molecule has 0 atom stereocenters. The minimum Gasteiger partial charge on any atom is -0.319 e. The van der Waals surface area contributed by atoms with E-state index in [-0.39, 0.29) is 22.9 Å². The smallest absolute Gasteiger partial charge is 0.295 e. The third-order valence-corrected chi connectivity index (χ3v) is 6.59. The maximum atomic E-state index is 13.0. The standard InChI is InChI=1S/C24H23ClN6O2S/c1-4-14-30-22(18-12-8-9-13-19(18)25)27-28-24(30)34-15-20(32)26-21-16(2)29(3)31(23(21)33)17-10-6-5-7-11-17/h4-13H,1,14-15H2,2-3H3,(H,26,32). The molecule has 4 rings (SSSR count). The molecule has 2 aromatic carbocycles. The molecule has 0 saturated heterocycles. The molecule has 10 heteroatoms. The van der Waals surface area contributed by atoms with E-state index < -0.39 is 0 Å². The van der Waals surface area contributed by atoms with Gasteiger partial charge in [-0.2, -0.15) is 0 Å². The van der Waals surface area contributed by atoms with Gasteiger partial charge in [0.25, 0.3) is 5.56 Å². The summed E-state index contributed by atoms with van der Waals surface area (Å²) >= 11 is 7.56. The Kier molecular flexibility index (Phi) is 7.04. The molecule has 174 valence electrons. The lowest BCUT2D eigenvalue weighted by Crippen LogP contribution is -2.23. The molecule has 2 aromatic heterocycles. The van der Waals surface area contributed by atoms with Crippen LogP contribution in [0.2, 0.25) is 5.02 Å². The summed E-state index contributed by atoms with van der Waals surface area (Å²) in [5.74, 6) is 0.332. The zero-order valence-corrected chi connectivity index (χ0v) is 20.3. The Morgan fingerprint density at radius 2 is 1.85 bits per heavy atom. The molecule has 1 amide bonds. The van der Waals surface area contributed by atoms with Crippen LogP contribution in [0.3, 0.4) is 0 Å². The summed E-state index contributed by atoms with van der Waals surface area (Å²) in [5, 5.41) is 12.4. The van der Waals surface area contributed by atoms with E-state index in [9.17, 15) is 9.59 Å². The van der Waals surface area contributed by atoms with E-state index in [2.05, 4.69) is 22.1 Å². The highest BCUT2D eigenvalue weighted by Gasteiger charge is 2.20. The molecular formula is C24H23ClN6O2S. The summed E-state index contributed by atoms with van der Waals surface area (Å²) < 4.78 is 5.09. The zero-order chi connectivity index (χ0) is 24.2. The first-order valence-corrected chi connectivity index (χ1v) is 11.8. The molecule has 0 aliphatic heterocycles. The number of para-hydroxylation sites is 1. The number of benzene rings is 2. The monoisotopic (exact) mass is 494 g/mol. The Hall–Kier alpha value is -3.56. The van der Waals surface area contributed by atoms with Gasteiger partial charge in [0.15, 0.2) is 11.0 Å². The van der Waals surface area contributed by atoms with Crippen LogP contribution in [-0.4, -0.2) is 35.8 Å². The number of carbonyl (C=O) groups is 1. The second-order valence-electron chi connectivity index (χ2n) is 7.46. The Morgan fingerprint density at radius 3 is 2.56 bits per heavy atom. The van der Waals surface area contributed by atoms with Crippen LogP contribution < -0.4 is 10.9 Å². The van der Waals surface area contributed by atoms with Gasteiger partial charge in [-0.25, -0.2) is 4.68 Å². The highest BCUT2D eigenvalue weighted by molar-refractivity contribution is 7.99. The van der Waals surface area contributed by atoms with Crippen molar-refractivity contribution in [3.05, 3.63) is 88.3 Å². The van der Waals surface area contributed by atoms with Crippen molar-refractivity contribution in [1.29, 1.82) is 0 Å². The van der Waals surface area contributed by atoms with Crippen LogP contribution in [0.4, 0.5) is 5.69 Å². The quantitative estimate of drug-likeness (QED) is 0.291. The van der Waals surface area contributed by atoms with Gasteiger partial charge >= 0.3 is 0 Å². The minimum absolute atomic E-state index is 0.0525. The summed E-state index contributed by atoms with van der Waals surface area (Å²) in [6.45, 7) is 6.05. The van der Waals surface area contributed by atoms with Crippen LogP contribution in [-0.2, 0) is 18.4 Å². The summed E-state index contributed by atoms with van der Waals surface area (Å²) in [4.78, 5) is 25.8. The molecule has 0 spiro atoms. The van der Waals surface area contributed by atoms with Crippen LogP contribution in [0.25, 0.3) is 17.1 Å². The fourth-order valence-electron chi connectivity index (χ4n) is 3.55. The number of thioether (sulfide) groups is 1. The van der Waals surface area contributed by atoms with Crippen LogP contribution in [0.1, 0.15) is 5.69 Å². The van der Waals surface area contributed by atoms with Gasteiger partial charge in [0.05, 0.1) is 22.2 Å². The van der Waals surface area contributed by atoms with Gasteiger partial charge < -0.3 is 5.32 Å². The van der Waals surface area contributed by atoms with Crippen molar-refractivity contribution in [3.63, 3.8) is 0 Å². The van der Waals surface area contributed by atoms with Crippen LogP contribution in [0.15, 0.2) is 77.2 Å². The van der Waals surface area contributed by atoms with E-state index in [1.54, 1.807) is 30.8 Å². The van der Waals surface area contributed by atoms with Gasteiger partial charge in [0.1, 0.15) is 5.69 Å². The summed E-state index contributed by atoms with van der Waals surface area (Å²) in [5.41, 5.74) is 2.08. The van der Waals surface area contributed by atoms with Crippen LogP contribution >= 0.6 is 23.4 Å². The average Bonchev–Trinajstić information content (AvgIpc) is 3.32. The number of amides is 1. The molecule has 0 radical (unpaired) electrons. The second-order valence-corrected chi connectivity index (χ2v) is 8.81. The number of halogens is 1. The highest BCUT2D eigenvalue weighted by Crippen LogP contribution is 2.29. The van der Waals surface area contributed by atoms with Gasteiger partial charge in [0.2, 0.25) is 5.91 Å². The molecule has 1 N–H and O–H groups in total. The maximum absolute atomic E-state index is 13.0. The van der Waals surface area contributed by atoms with Crippen molar-refractivity contribution >= 4 is 35.0 Å². The summed E-state index contributed by atoms with van der Waals surface area (Å²) in [6.07, 6.45) is 1.73. The number of aromatic nitrogens is 5. The van der Waals surface area contributed by atoms with E-state index in [0.29, 0.717) is 28.2 Å². The molecule has 0 aliphatic carbocycles. The lowest BCUT2D eigenvalue weighted by atomic mass is 10.2. The van der Waals surface area contributed by atoms with Gasteiger partial charge in [-0.15, -0.1) is 16.8 Å². The van der Waals surface area contributed by atoms with Crippen LogP contribution in [0, 0.1) is 6.92 Å². The largest absolute Gasteiger partial charge is 0.319 e. The van der Waals surface area contributed by atoms with E-state index in [1.165, 1.54) is 16.4 Å². The molecule has 8 nitrogen and oxygen atoms in total. The van der Waals surface area contributed by atoms with Crippen molar-refractivity contribution in [2.24, 2.45) is 7.05 Å². The minimum atomic E-state index is -0.316. The molecule has 4 aromatic rings. The van der Waals surface area contributed by atoms with E-state index in [4.69, 9.17) is 11.6 Å². The van der Waals surface area contributed by atoms with Gasteiger partial charge in [-0.1, -0.05) is 59.8 Å². The first-order valence-electron chi connectivity index (χ1n) is 10.5. The highest BCUT2D eigenvalue weighted by atomic mass is 35.5. The molecule has 0 saturated carbocycles. The number of nitrogens with zero attached hydrogens (tertiary/aromatic N) is 5. The third kappa shape index (κ3) is 4.57. The van der Waals surface area contributed by atoms with E-state index >= 15 is 0 Å². The number of hydrogen-bond donors (Lipinski definition) is 1. The SMILES string of the molecule is C=CCn1c(SCC(=O)Nc2c(C)n(C)n(-c3ccccc3)c2=O)nnc1-c1ccccc1Cl. The van der Waals surface area contributed by atoms with Gasteiger partial charge in [0, 0.05) is 19.2 Å². The maximum Gasteiger partial charge on any atom is 0.295 e. The van der Waals surface area contributed by atoms with Gasteiger partial charge in [-0.05, 0) is 31.2 Å². The Labute approximate surface area is 205 Å². The van der Waals surface area contributed by atoms with Crippen molar-refractivity contribution in [1.82, 2.24) is 24.1 Å². The number of allylic oxidation sites excluding steroid dienone is 1. The van der Waals surface area contributed by atoms with Crippen molar-refractivity contribution in [3.8, 4) is 17.1 Å². The van der Waals surface area contributed by atoms with Gasteiger partial charge in [-0.3, -0.25) is 18.8 Å². The number of nitrogens with one attached hydrogen (secondary N) is 1. The number of hydrogen-bond acceptors (Lipinski definition) is 5. The number of anilines is 1. The van der Waals surface area contributed by atoms with Crippen molar-refractivity contribution < 1.29 is 4.79 Å². The zero-order valence-electron chi connectivity index (χ0n) is 18.7. The molecule has 0 fully saturated rings. The normalized spacial score (nSPS) is 10.9. The Bertz CT molecular complexity index is 1410. The molecule has 34 heavy (non-hydrogen) atoms. The first kappa shape index (κ1) is 23.6. The van der Waals surface area contributed by atoms with E-state index in [0.717, 1.165) is 11.3 Å². The first-order chi connectivity index (χ1) is 16.4.